The second-order valence-electron chi connectivity index (χ2n) is 3.94. The predicted octanol–water partition coefficient (Wildman–Crippen LogP) is 2.12. The Morgan fingerprint density at radius 2 is 2.31 bits per heavy atom. The molecule has 1 heterocycles. The number of phenols is 1. The number of rotatable bonds is 3. The van der Waals surface area contributed by atoms with Crippen LogP contribution in [-0.4, -0.2) is 11.0 Å². The number of benzene rings is 1. The van der Waals surface area contributed by atoms with Crippen molar-refractivity contribution in [3.63, 3.8) is 0 Å². The number of aromatic hydroxyl groups is 1. The van der Waals surface area contributed by atoms with Gasteiger partial charge in [-0.1, -0.05) is 6.92 Å². The summed E-state index contributed by atoms with van der Waals surface area (Å²) in [6, 6.07) is 4.89. The Kier molecular flexibility index (Phi) is 2.56. The van der Waals surface area contributed by atoms with Gasteiger partial charge in [-0.2, -0.15) is 0 Å². The van der Waals surface area contributed by atoms with Crippen LogP contribution >= 0.6 is 0 Å². The van der Waals surface area contributed by atoms with Gasteiger partial charge in [0.05, 0.1) is 6.26 Å². The number of nitrogens with two attached hydrogens (primary N) is 1. The number of amides is 1. The highest BCUT2D eigenvalue weighted by Crippen LogP contribution is 2.31. The van der Waals surface area contributed by atoms with E-state index in [4.69, 9.17) is 10.2 Å². The normalized spacial score (nSPS) is 12.8. The van der Waals surface area contributed by atoms with Crippen molar-refractivity contribution in [3.8, 4) is 5.75 Å². The van der Waals surface area contributed by atoms with Crippen LogP contribution in [0.1, 0.15) is 24.8 Å². The first-order valence-corrected chi connectivity index (χ1v) is 5.06. The fraction of sp³-hybridized carbons (Fsp3) is 0.250. The van der Waals surface area contributed by atoms with Crippen LogP contribution in [0.3, 0.4) is 0 Å². The predicted molar refractivity (Wildman–Crippen MR) is 60.1 cm³/mol. The summed E-state index contributed by atoms with van der Waals surface area (Å²) in [5, 5.41) is 10.2. The molecule has 1 atom stereocenters. The molecule has 84 valence electrons. The zero-order chi connectivity index (χ0) is 11.7. The van der Waals surface area contributed by atoms with E-state index in [1.165, 1.54) is 0 Å². The first-order chi connectivity index (χ1) is 7.58. The average Bonchev–Trinajstić information content (AvgIpc) is 2.59. The lowest BCUT2D eigenvalue weighted by Gasteiger charge is -2.06. The van der Waals surface area contributed by atoms with E-state index in [9.17, 15) is 9.90 Å². The van der Waals surface area contributed by atoms with Crippen molar-refractivity contribution in [1.82, 2.24) is 0 Å². The Balaban J connectivity index is 2.44. The van der Waals surface area contributed by atoms with E-state index in [1.807, 2.05) is 6.92 Å². The van der Waals surface area contributed by atoms with E-state index >= 15 is 0 Å². The summed E-state index contributed by atoms with van der Waals surface area (Å²) in [5.74, 6) is -0.177. The molecule has 4 heteroatoms. The third-order valence-electron chi connectivity index (χ3n) is 2.63. The Hall–Kier alpha value is -1.97. The third kappa shape index (κ3) is 1.86. The van der Waals surface area contributed by atoms with E-state index in [2.05, 4.69) is 0 Å². The first-order valence-electron chi connectivity index (χ1n) is 5.06. The monoisotopic (exact) mass is 219 g/mol. The summed E-state index contributed by atoms with van der Waals surface area (Å²) < 4.78 is 5.34. The molecule has 0 aliphatic carbocycles. The van der Waals surface area contributed by atoms with Crippen LogP contribution < -0.4 is 5.73 Å². The molecule has 1 unspecified atom stereocenters. The highest BCUT2D eigenvalue weighted by atomic mass is 16.3. The molecule has 16 heavy (non-hydrogen) atoms. The summed E-state index contributed by atoms with van der Waals surface area (Å²) in [5.41, 5.74) is 6.75. The SMILES string of the molecule is CC(CC(N)=O)c1coc2ccc(O)cc12. The summed E-state index contributed by atoms with van der Waals surface area (Å²) >= 11 is 0. The van der Waals surface area contributed by atoms with Crippen LogP contribution in [0.15, 0.2) is 28.9 Å². The fourth-order valence-electron chi connectivity index (χ4n) is 1.83. The summed E-state index contributed by atoms with van der Waals surface area (Å²) in [6.07, 6.45) is 1.88. The molecule has 0 aliphatic rings. The minimum Gasteiger partial charge on any atom is -0.508 e. The van der Waals surface area contributed by atoms with Gasteiger partial charge in [-0.15, -0.1) is 0 Å². The number of fused-ring (bicyclic) bond motifs is 1. The first kappa shape index (κ1) is 10.5. The lowest BCUT2D eigenvalue weighted by atomic mass is 9.97. The molecule has 0 aliphatic heterocycles. The Labute approximate surface area is 92.7 Å². The second-order valence-corrected chi connectivity index (χ2v) is 3.94. The van der Waals surface area contributed by atoms with E-state index in [0.717, 1.165) is 10.9 Å². The maximum absolute atomic E-state index is 10.9. The molecule has 2 rings (SSSR count). The van der Waals surface area contributed by atoms with Crippen LogP contribution in [0.4, 0.5) is 0 Å². The molecular formula is C12H13NO3. The smallest absolute Gasteiger partial charge is 0.218 e. The minimum atomic E-state index is -0.345. The molecule has 0 spiro atoms. The molecular weight excluding hydrogens is 206 g/mol. The van der Waals surface area contributed by atoms with Crippen molar-refractivity contribution in [3.05, 3.63) is 30.0 Å². The zero-order valence-electron chi connectivity index (χ0n) is 8.93. The van der Waals surface area contributed by atoms with Crippen LogP contribution in [0.2, 0.25) is 0 Å². The molecule has 0 saturated carbocycles. The van der Waals surface area contributed by atoms with Gasteiger partial charge in [0.1, 0.15) is 11.3 Å². The Bertz CT molecular complexity index is 530. The number of carbonyl (C=O) groups excluding carboxylic acids is 1. The molecule has 3 N–H and O–H groups in total. The van der Waals surface area contributed by atoms with E-state index < -0.39 is 0 Å². The van der Waals surface area contributed by atoms with Gasteiger partial charge in [-0.3, -0.25) is 4.79 Å². The summed E-state index contributed by atoms with van der Waals surface area (Å²) in [7, 11) is 0. The minimum absolute atomic E-state index is 0.0134. The fourth-order valence-corrected chi connectivity index (χ4v) is 1.83. The zero-order valence-corrected chi connectivity index (χ0v) is 8.93. The second kappa shape index (κ2) is 3.89. The van der Waals surface area contributed by atoms with Crippen molar-refractivity contribution < 1.29 is 14.3 Å². The van der Waals surface area contributed by atoms with Gasteiger partial charge in [0, 0.05) is 17.4 Å². The highest BCUT2D eigenvalue weighted by molar-refractivity contribution is 5.84. The summed E-state index contributed by atoms with van der Waals surface area (Å²) in [6.45, 7) is 1.90. The van der Waals surface area contributed by atoms with Gasteiger partial charge >= 0.3 is 0 Å². The molecule has 0 saturated heterocycles. The number of carbonyl (C=O) groups is 1. The van der Waals surface area contributed by atoms with Crippen molar-refractivity contribution in [1.29, 1.82) is 0 Å². The van der Waals surface area contributed by atoms with Gasteiger partial charge in [0.25, 0.3) is 0 Å². The number of primary amides is 1. The average molecular weight is 219 g/mol. The molecule has 1 amide bonds. The highest BCUT2D eigenvalue weighted by Gasteiger charge is 2.15. The molecule has 0 bridgehead atoms. The van der Waals surface area contributed by atoms with Crippen molar-refractivity contribution >= 4 is 16.9 Å². The maximum Gasteiger partial charge on any atom is 0.218 e. The van der Waals surface area contributed by atoms with Crippen LogP contribution in [0.5, 0.6) is 5.75 Å². The molecule has 1 aromatic heterocycles. The topological polar surface area (TPSA) is 76.5 Å². The van der Waals surface area contributed by atoms with Gasteiger partial charge in [-0.05, 0) is 24.1 Å². The number of hydrogen-bond acceptors (Lipinski definition) is 3. The Morgan fingerprint density at radius 3 is 3.00 bits per heavy atom. The van der Waals surface area contributed by atoms with Gasteiger partial charge in [0.2, 0.25) is 5.91 Å². The molecule has 0 radical (unpaired) electrons. The van der Waals surface area contributed by atoms with Crippen LogP contribution in [0.25, 0.3) is 11.0 Å². The van der Waals surface area contributed by atoms with Crippen molar-refractivity contribution in [2.75, 3.05) is 0 Å². The van der Waals surface area contributed by atoms with E-state index in [-0.39, 0.29) is 24.0 Å². The largest absolute Gasteiger partial charge is 0.508 e. The molecule has 1 aromatic carbocycles. The van der Waals surface area contributed by atoms with Crippen molar-refractivity contribution in [2.45, 2.75) is 19.3 Å². The number of hydrogen-bond donors (Lipinski definition) is 2. The lowest BCUT2D eigenvalue weighted by Crippen LogP contribution is -2.13. The van der Waals surface area contributed by atoms with Gasteiger partial charge in [0.15, 0.2) is 0 Å². The molecule has 2 aromatic rings. The van der Waals surface area contributed by atoms with E-state index in [0.29, 0.717) is 5.58 Å². The maximum atomic E-state index is 10.9. The standard InChI is InChI=1S/C12H13NO3/c1-7(4-12(13)15)10-6-16-11-3-2-8(14)5-9(10)11/h2-3,5-7,14H,4H2,1H3,(H2,13,15). The number of furan rings is 1. The molecule has 4 nitrogen and oxygen atoms in total. The van der Waals surface area contributed by atoms with Crippen molar-refractivity contribution in [2.24, 2.45) is 5.73 Å². The van der Waals surface area contributed by atoms with E-state index in [1.54, 1.807) is 24.5 Å². The van der Waals surface area contributed by atoms with Gasteiger partial charge in [-0.25, -0.2) is 0 Å². The lowest BCUT2D eigenvalue weighted by molar-refractivity contribution is -0.118. The molecule has 0 fully saturated rings. The van der Waals surface area contributed by atoms with Gasteiger partial charge < -0.3 is 15.3 Å². The quantitative estimate of drug-likeness (QED) is 0.830. The summed E-state index contributed by atoms with van der Waals surface area (Å²) in [4.78, 5) is 10.9. The number of phenolic OH excluding ortho intramolecular Hbond substituents is 1. The van der Waals surface area contributed by atoms with Crippen LogP contribution in [0, 0.1) is 0 Å². The third-order valence-corrected chi connectivity index (χ3v) is 2.63. The van der Waals surface area contributed by atoms with Crippen LogP contribution in [-0.2, 0) is 4.79 Å². The Morgan fingerprint density at radius 1 is 1.56 bits per heavy atom.